The van der Waals surface area contributed by atoms with Crippen LogP contribution in [0.4, 0.5) is 10.2 Å². The predicted octanol–water partition coefficient (Wildman–Crippen LogP) is 2.89. The van der Waals surface area contributed by atoms with E-state index >= 15 is 0 Å². The smallest absolute Gasteiger partial charge is 0.270 e. The lowest BCUT2D eigenvalue weighted by Crippen LogP contribution is -2.24. The normalized spacial score (nSPS) is 11.9. The van der Waals surface area contributed by atoms with Crippen molar-refractivity contribution >= 4 is 11.7 Å². The van der Waals surface area contributed by atoms with E-state index in [4.69, 9.17) is 9.47 Å². The Balaban J connectivity index is 1.37. The van der Waals surface area contributed by atoms with Gasteiger partial charge >= 0.3 is 0 Å². The summed E-state index contributed by atoms with van der Waals surface area (Å²) in [4.78, 5) is 20.4. The molecule has 142 valence electrons. The van der Waals surface area contributed by atoms with Crippen LogP contribution < -0.4 is 20.1 Å². The second kappa shape index (κ2) is 7.91. The molecule has 1 amide bonds. The molecule has 0 atom stereocenters. The Morgan fingerprint density at radius 1 is 1.04 bits per heavy atom. The van der Waals surface area contributed by atoms with Crippen LogP contribution in [0.1, 0.15) is 21.6 Å². The molecule has 0 aliphatic carbocycles. The van der Waals surface area contributed by atoms with Crippen molar-refractivity contribution in [1.82, 2.24) is 15.3 Å². The van der Waals surface area contributed by atoms with Gasteiger partial charge in [-0.3, -0.25) is 4.79 Å². The van der Waals surface area contributed by atoms with Crippen LogP contribution in [0, 0.1) is 5.82 Å². The molecule has 2 N–H and O–H groups in total. The van der Waals surface area contributed by atoms with Gasteiger partial charge in [-0.25, -0.2) is 14.4 Å². The van der Waals surface area contributed by atoms with Gasteiger partial charge in [-0.15, -0.1) is 0 Å². The van der Waals surface area contributed by atoms with Crippen LogP contribution in [0.25, 0.3) is 0 Å². The Bertz CT molecular complexity index is 1010. The van der Waals surface area contributed by atoms with Crippen molar-refractivity contribution in [3.8, 4) is 11.5 Å². The number of rotatable bonds is 6. The summed E-state index contributed by atoms with van der Waals surface area (Å²) in [6, 6.07) is 13.5. The average Bonchev–Trinajstić information content (AvgIpc) is 3.19. The van der Waals surface area contributed by atoms with Crippen LogP contribution in [-0.2, 0) is 13.1 Å². The fourth-order valence-electron chi connectivity index (χ4n) is 2.73. The fraction of sp³-hybridized carbons (Fsp3) is 0.150. The molecule has 0 unspecified atom stereocenters. The highest BCUT2D eigenvalue weighted by Crippen LogP contribution is 2.32. The van der Waals surface area contributed by atoms with Gasteiger partial charge < -0.3 is 20.1 Å². The molecule has 2 heterocycles. The maximum Gasteiger partial charge on any atom is 0.270 e. The molecule has 2 aromatic carbocycles. The van der Waals surface area contributed by atoms with Gasteiger partial charge in [-0.05, 0) is 23.8 Å². The number of hydrogen-bond donors (Lipinski definition) is 2. The summed E-state index contributed by atoms with van der Waals surface area (Å²) in [5, 5.41) is 5.80. The lowest BCUT2D eigenvalue weighted by atomic mass is 10.2. The Morgan fingerprint density at radius 2 is 1.89 bits per heavy atom. The number of halogens is 1. The van der Waals surface area contributed by atoms with Gasteiger partial charge in [0, 0.05) is 24.7 Å². The molecule has 3 aromatic rings. The van der Waals surface area contributed by atoms with Crippen molar-refractivity contribution in [1.29, 1.82) is 0 Å². The van der Waals surface area contributed by atoms with E-state index < -0.39 is 5.91 Å². The minimum absolute atomic E-state index is 0.0788. The van der Waals surface area contributed by atoms with E-state index in [0.29, 0.717) is 23.7 Å². The van der Waals surface area contributed by atoms with Gasteiger partial charge in [-0.1, -0.05) is 24.3 Å². The summed E-state index contributed by atoms with van der Waals surface area (Å²) in [5.74, 6) is 1.16. The lowest BCUT2D eigenvalue weighted by molar-refractivity contribution is 0.0945. The zero-order valence-electron chi connectivity index (χ0n) is 14.8. The van der Waals surface area contributed by atoms with Crippen LogP contribution in [0.5, 0.6) is 11.5 Å². The second-order valence-electron chi connectivity index (χ2n) is 6.10. The van der Waals surface area contributed by atoms with Crippen LogP contribution in [0.15, 0.2) is 54.9 Å². The second-order valence-corrected chi connectivity index (χ2v) is 6.10. The molecule has 28 heavy (non-hydrogen) atoms. The van der Waals surface area contributed by atoms with Crippen molar-refractivity contribution in [3.05, 3.63) is 77.5 Å². The first-order valence-corrected chi connectivity index (χ1v) is 8.65. The third kappa shape index (κ3) is 4.01. The number of nitrogens with one attached hydrogen (secondary N) is 2. The molecule has 0 saturated heterocycles. The molecule has 0 spiro atoms. The van der Waals surface area contributed by atoms with E-state index in [9.17, 15) is 9.18 Å². The van der Waals surface area contributed by atoms with E-state index in [1.54, 1.807) is 24.3 Å². The van der Waals surface area contributed by atoms with Gasteiger partial charge in [0.05, 0.1) is 0 Å². The molecule has 7 nitrogen and oxygen atoms in total. The number of amides is 1. The van der Waals surface area contributed by atoms with Crippen LogP contribution in [0.2, 0.25) is 0 Å². The third-order valence-corrected chi connectivity index (χ3v) is 4.21. The summed E-state index contributed by atoms with van der Waals surface area (Å²) in [6.45, 7) is 0.795. The number of benzene rings is 2. The largest absolute Gasteiger partial charge is 0.454 e. The topological polar surface area (TPSA) is 85.4 Å². The summed E-state index contributed by atoms with van der Waals surface area (Å²) in [6.07, 6.45) is 1.31. The third-order valence-electron chi connectivity index (χ3n) is 4.21. The number of anilines is 1. The number of hydrogen-bond acceptors (Lipinski definition) is 6. The first-order chi connectivity index (χ1) is 13.7. The molecule has 8 heteroatoms. The molecule has 0 bridgehead atoms. The standard InChI is InChI=1S/C20H17FN4O3/c21-15-4-2-1-3-14(15)10-23-20(26)16-8-19(25-11-24-16)22-9-13-5-6-17-18(7-13)28-12-27-17/h1-8,11H,9-10,12H2,(H,23,26)(H,22,24,25). The Hall–Kier alpha value is -3.68. The van der Waals surface area contributed by atoms with E-state index in [2.05, 4.69) is 20.6 Å². The van der Waals surface area contributed by atoms with Crippen molar-refractivity contribution in [2.24, 2.45) is 0 Å². The van der Waals surface area contributed by atoms with Crippen LogP contribution in [0.3, 0.4) is 0 Å². The van der Waals surface area contributed by atoms with Gasteiger partial charge in [0.25, 0.3) is 5.91 Å². The maximum atomic E-state index is 13.6. The first-order valence-electron chi connectivity index (χ1n) is 8.65. The molecule has 1 aromatic heterocycles. The number of aromatic nitrogens is 2. The van der Waals surface area contributed by atoms with Crippen molar-refractivity contribution in [2.75, 3.05) is 12.1 Å². The van der Waals surface area contributed by atoms with Crippen molar-refractivity contribution < 1.29 is 18.7 Å². The summed E-state index contributed by atoms with van der Waals surface area (Å²) in [7, 11) is 0. The van der Waals surface area contributed by atoms with E-state index in [1.165, 1.54) is 12.4 Å². The van der Waals surface area contributed by atoms with E-state index in [1.807, 2.05) is 18.2 Å². The number of nitrogens with zero attached hydrogens (tertiary/aromatic N) is 2. The highest BCUT2D eigenvalue weighted by atomic mass is 19.1. The first kappa shape index (κ1) is 17.7. The minimum atomic E-state index is -0.406. The molecule has 0 fully saturated rings. The number of fused-ring (bicyclic) bond motifs is 1. The summed E-state index contributed by atoms with van der Waals surface area (Å²) < 4.78 is 24.3. The van der Waals surface area contributed by atoms with Crippen LogP contribution >= 0.6 is 0 Å². The van der Waals surface area contributed by atoms with E-state index in [-0.39, 0.29) is 24.8 Å². The Morgan fingerprint density at radius 3 is 2.79 bits per heavy atom. The van der Waals surface area contributed by atoms with Gasteiger partial charge in [0.15, 0.2) is 11.5 Å². The molecule has 4 rings (SSSR count). The molecular weight excluding hydrogens is 363 g/mol. The minimum Gasteiger partial charge on any atom is -0.454 e. The monoisotopic (exact) mass is 380 g/mol. The fourth-order valence-corrected chi connectivity index (χ4v) is 2.73. The van der Waals surface area contributed by atoms with Crippen molar-refractivity contribution in [2.45, 2.75) is 13.1 Å². The predicted molar refractivity (Wildman–Crippen MR) is 99.5 cm³/mol. The van der Waals surface area contributed by atoms with Crippen LogP contribution in [-0.4, -0.2) is 22.7 Å². The summed E-state index contributed by atoms with van der Waals surface area (Å²) >= 11 is 0. The zero-order chi connectivity index (χ0) is 19.3. The highest BCUT2D eigenvalue weighted by Gasteiger charge is 2.13. The number of carbonyl (C=O) groups is 1. The SMILES string of the molecule is O=C(NCc1ccccc1F)c1cc(NCc2ccc3c(c2)OCO3)ncn1. The zero-order valence-corrected chi connectivity index (χ0v) is 14.8. The number of carbonyl (C=O) groups excluding carboxylic acids is 1. The molecule has 0 saturated carbocycles. The van der Waals surface area contributed by atoms with Gasteiger partial charge in [-0.2, -0.15) is 0 Å². The summed E-state index contributed by atoms with van der Waals surface area (Å²) in [5.41, 5.74) is 1.58. The quantitative estimate of drug-likeness (QED) is 0.684. The maximum absolute atomic E-state index is 13.6. The Kier molecular flexibility index (Phi) is 5.01. The molecule has 1 aliphatic heterocycles. The number of ether oxygens (including phenoxy) is 2. The van der Waals surface area contributed by atoms with E-state index in [0.717, 1.165) is 11.3 Å². The van der Waals surface area contributed by atoms with Crippen molar-refractivity contribution in [3.63, 3.8) is 0 Å². The molecular formula is C20H17FN4O3. The van der Waals surface area contributed by atoms with Gasteiger partial charge in [0.1, 0.15) is 23.7 Å². The lowest BCUT2D eigenvalue weighted by Gasteiger charge is -2.09. The highest BCUT2D eigenvalue weighted by molar-refractivity contribution is 5.92. The molecule has 0 radical (unpaired) electrons. The Labute approximate surface area is 160 Å². The average molecular weight is 380 g/mol. The van der Waals surface area contributed by atoms with Gasteiger partial charge in [0.2, 0.25) is 6.79 Å². The molecule has 1 aliphatic rings.